The molecule has 4 rings (SSSR count). The largest absolute Gasteiger partial charge is 0.491 e. The Morgan fingerprint density at radius 1 is 1.20 bits per heavy atom. The lowest BCUT2D eigenvalue weighted by Gasteiger charge is -2.32. The molecule has 30 heavy (non-hydrogen) atoms. The third-order valence-electron chi connectivity index (χ3n) is 5.62. The van der Waals surface area contributed by atoms with Crippen molar-refractivity contribution in [3.05, 3.63) is 63.8 Å². The van der Waals surface area contributed by atoms with Crippen molar-refractivity contribution < 1.29 is 19.7 Å². The molecule has 1 unspecified atom stereocenters. The Morgan fingerprint density at radius 3 is 2.63 bits per heavy atom. The minimum Gasteiger partial charge on any atom is -0.491 e. The Bertz CT molecular complexity index is 1270. The number of fused-ring (bicyclic) bond motifs is 4. The molecule has 1 aliphatic rings. The lowest BCUT2D eigenvalue weighted by molar-refractivity contribution is 0.0535. The average Bonchev–Trinajstić information content (AvgIpc) is 3.16. The molecule has 0 spiro atoms. The minimum atomic E-state index is -0.991. The predicted molar refractivity (Wildman–Crippen MR) is 108 cm³/mol. The van der Waals surface area contributed by atoms with Gasteiger partial charge in [-0.25, -0.2) is 0 Å². The number of aliphatic hydroxyl groups excluding tert-OH is 2. The van der Waals surface area contributed by atoms with Crippen LogP contribution in [0.5, 0.6) is 5.75 Å². The maximum atomic E-state index is 13.4. The number of rotatable bonds is 4. The number of H-pyrrole nitrogens is 1. The normalized spacial score (nSPS) is 15.1. The molecule has 3 aromatic rings. The van der Waals surface area contributed by atoms with E-state index in [4.69, 9.17) is 9.84 Å². The molecule has 0 radical (unpaired) electrons. The van der Waals surface area contributed by atoms with E-state index in [0.717, 1.165) is 5.56 Å². The van der Waals surface area contributed by atoms with Crippen molar-refractivity contribution in [2.24, 2.45) is 0 Å². The van der Waals surface area contributed by atoms with E-state index in [0.29, 0.717) is 33.5 Å². The second-order valence-electron chi connectivity index (χ2n) is 7.82. The zero-order valence-corrected chi connectivity index (χ0v) is 16.5. The van der Waals surface area contributed by atoms with Crippen LogP contribution in [0.15, 0.2) is 30.3 Å². The molecule has 0 aliphatic heterocycles. The highest BCUT2D eigenvalue weighted by Crippen LogP contribution is 2.45. The van der Waals surface area contributed by atoms with Crippen LogP contribution in [0.25, 0.3) is 10.9 Å². The number of hydrogen-bond acceptors (Lipinski definition) is 6. The Hall–Kier alpha value is -3.65. The summed E-state index contributed by atoms with van der Waals surface area (Å²) in [5, 5.41) is 38.0. The summed E-state index contributed by atoms with van der Waals surface area (Å²) < 4.78 is 5.56. The zero-order chi connectivity index (χ0) is 21.6. The summed E-state index contributed by atoms with van der Waals surface area (Å²) in [5.41, 5.74) is 2.82. The lowest BCUT2D eigenvalue weighted by atomic mass is 9.71. The van der Waals surface area contributed by atoms with E-state index in [1.54, 1.807) is 30.3 Å². The van der Waals surface area contributed by atoms with Gasteiger partial charge in [-0.2, -0.15) is 10.5 Å². The summed E-state index contributed by atoms with van der Waals surface area (Å²) >= 11 is 0. The van der Waals surface area contributed by atoms with Crippen LogP contribution >= 0.6 is 0 Å². The van der Waals surface area contributed by atoms with Crippen molar-refractivity contribution in [2.75, 3.05) is 13.2 Å². The van der Waals surface area contributed by atoms with Crippen molar-refractivity contribution in [3.63, 3.8) is 0 Å². The number of aromatic nitrogens is 1. The number of benzene rings is 2. The van der Waals surface area contributed by atoms with E-state index < -0.39 is 18.1 Å². The van der Waals surface area contributed by atoms with Crippen molar-refractivity contribution >= 4 is 16.7 Å². The van der Waals surface area contributed by atoms with Crippen LogP contribution in [0.1, 0.15) is 52.2 Å². The molecule has 0 saturated carbocycles. The van der Waals surface area contributed by atoms with Crippen LogP contribution in [-0.4, -0.2) is 40.3 Å². The Kier molecular flexibility index (Phi) is 4.58. The molecule has 0 saturated heterocycles. The molecular formula is C23H19N3O4. The molecule has 7 nitrogen and oxygen atoms in total. The highest BCUT2D eigenvalue weighted by Gasteiger charge is 2.40. The van der Waals surface area contributed by atoms with Crippen molar-refractivity contribution in [1.29, 1.82) is 10.5 Å². The topological polar surface area (TPSA) is 130 Å². The molecule has 0 amide bonds. The molecule has 3 N–H and O–H groups in total. The number of nitriles is 2. The standard InChI is InChI=1S/C23H19N3O4/c1-23(2)18-7-14(30-11-13(28)10-27)4-6-15(18)21(29)19-16-5-3-12(8-24)17(9-25)20(16)26-22(19)23/h3-7,13,26-28H,10-11H2,1-2H3. The summed E-state index contributed by atoms with van der Waals surface area (Å²) in [5.74, 6) is 0.312. The van der Waals surface area contributed by atoms with Crippen LogP contribution in [0.3, 0.4) is 0 Å². The van der Waals surface area contributed by atoms with Gasteiger partial charge >= 0.3 is 0 Å². The SMILES string of the molecule is CC1(C)c2cc(OCC(O)CO)ccc2C(=O)c2c1[nH]c1c(C#N)c(C#N)ccc21. The smallest absolute Gasteiger partial charge is 0.195 e. The van der Waals surface area contributed by atoms with E-state index in [-0.39, 0.29) is 23.5 Å². The number of carbonyl (C=O) groups excluding carboxylic acids is 1. The van der Waals surface area contributed by atoms with Crippen molar-refractivity contribution in [1.82, 2.24) is 4.98 Å². The van der Waals surface area contributed by atoms with Gasteiger partial charge < -0.3 is 19.9 Å². The number of carbonyl (C=O) groups is 1. The van der Waals surface area contributed by atoms with E-state index in [1.165, 1.54) is 0 Å². The summed E-state index contributed by atoms with van der Waals surface area (Å²) in [4.78, 5) is 16.6. The van der Waals surface area contributed by atoms with E-state index in [9.17, 15) is 20.4 Å². The molecule has 1 atom stereocenters. The number of ketones is 1. The quantitative estimate of drug-likeness (QED) is 0.616. The number of nitrogens with one attached hydrogen (secondary N) is 1. The Balaban J connectivity index is 1.89. The predicted octanol–water partition coefficient (Wildman–Crippen LogP) is 2.51. The second-order valence-corrected chi connectivity index (χ2v) is 7.82. The van der Waals surface area contributed by atoms with Gasteiger partial charge in [-0.1, -0.05) is 19.9 Å². The van der Waals surface area contributed by atoms with E-state index in [1.807, 2.05) is 19.9 Å². The first-order chi connectivity index (χ1) is 14.3. The average molecular weight is 401 g/mol. The molecule has 0 fully saturated rings. The highest BCUT2D eigenvalue weighted by molar-refractivity contribution is 6.20. The third kappa shape index (κ3) is 2.76. The van der Waals surface area contributed by atoms with Gasteiger partial charge in [0.25, 0.3) is 0 Å². The molecule has 150 valence electrons. The summed E-state index contributed by atoms with van der Waals surface area (Å²) in [6, 6.07) is 12.5. The highest BCUT2D eigenvalue weighted by atomic mass is 16.5. The number of ether oxygens (including phenoxy) is 1. The Morgan fingerprint density at radius 2 is 1.97 bits per heavy atom. The molecule has 1 aliphatic carbocycles. The number of hydrogen-bond donors (Lipinski definition) is 3. The molecule has 0 bridgehead atoms. The minimum absolute atomic E-state index is 0.0657. The maximum absolute atomic E-state index is 13.4. The van der Waals surface area contributed by atoms with Gasteiger partial charge in [0.15, 0.2) is 5.78 Å². The van der Waals surface area contributed by atoms with Gasteiger partial charge in [-0.05, 0) is 29.8 Å². The van der Waals surface area contributed by atoms with Crippen LogP contribution < -0.4 is 4.74 Å². The van der Waals surface area contributed by atoms with Gasteiger partial charge in [0.2, 0.25) is 0 Å². The van der Waals surface area contributed by atoms with Gasteiger partial charge in [-0.3, -0.25) is 4.79 Å². The van der Waals surface area contributed by atoms with Crippen LogP contribution in [0.2, 0.25) is 0 Å². The van der Waals surface area contributed by atoms with Gasteiger partial charge in [0.1, 0.15) is 30.6 Å². The summed E-state index contributed by atoms with van der Waals surface area (Å²) in [7, 11) is 0. The van der Waals surface area contributed by atoms with Gasteiger partial charge in [0, 0.05) is 22.1 Å². The van der Waals surface area contributed by atoms with Crippen LogP contribution in [0.4, 0.5) is 0 Å². The summed E-state index contributed by atoms with van der Waals surface area (Å²) in [6.45, 7) is 3.47. The molecule has 7 heteroatoms. The number of nitrogens with zero attached hydrogens (tertiary/aromatic N) is 2. The molecule has 2 aromatic carbocycles. The fraction of sp³-hybridized carbons (Fsp3) is 0.261. The fourth-order valence-electron chi connectivity index (χ4n) is 4.02. The van der Waals surface area contributed by atoms with E-state index >= 15 is 0 Å². The molecular weight excluding hydrogens is 382 g/mol. The molecule has 1 aromatic heterocycles. The van der Waals surface area contributed by atoms with E-state index in [2.05, 4.69) is 11.1 Å². The first kappa shape index (κ1) is 19.7. The third-order valence-corrected chi connectivity index (χ3v) is 5.62. The first-order valence-electron chi connectivity index (χ1n) is 9.43. The monoisotopic (exact) mass is 401 g/mol. The van der Waals surface area contributed by atoms with Crippen molar-refractivity contribution in [2.45, 2.75) is 25.4 Å². The lowest BCUT2D eigenvalue weighted by Crippen LogP contribution is -2.30. The number of aliphatic hydroxyl groups is 2. The second kappa shape index (κ2) is 7.00. The Labute approximate surface area is 172 Å². The number of aromatic amines is 1. The van der Waals surface area contributed by atoms with Crippen molar-refractivity contribution in [3.8, 4) is 17.9 Å². The zero-order valence-electron chi connectivity index (χ0n) is 16.5. The van der Waals surface area contributed by atoms with Gasteiger partial charge in [-0.15, -0.1) is 0 Å². The van der Waals surface area contributed by atoms with Gasteiger partial charge in [0.05, 0.1) is 28.8 Å². The fourth-order valence-corrected chi connectivity index (χ4v) is 4.02. The maximum Gasteiger partial charge on any atom is 0.195 e. The molecule has 1 heterocycles. The van der Waals surface area contributed by atoms with Crippen LogP contribution in [0, 0.1) is 22.7 Å². The van der Waals surface area contributed by atoms with Crippen LogP contribution in [-0.2, 0) is 5.41 Å². The summed E-state index contributed by atoms with van der Waals surface area (Å²) in [6.07, 6.45) is -0.991. The first-order valence-corrected chi connectivity index (χ1v) is 9.43.